The van der Waals surface area contributed by atoms with Gasteiger partial charge in [0.1, 0.15) is 0 Å². The zero-order chi connectivity index (χ0) is 29.2. The van der Waals surface area contributed by atoms with E-state index in [1.165, 1.54) is 6.16 Å². The molecule has 9 rings (SSSR count). The third-order valence-electron chi connectivity index (χ3n) is 13.1. The predicted octanol–water partition coefficient (Wildman–Crippen LogP) is 10.9. The lowest BCUT2D eigenvalue weighted by Gasteiger charge is -2.67. The SMILES string of the molecule is CC(C)(C)P(Cc1ccc([Si](C)(C)C)cc1P(C12CC3CC(CC(C3)C1)C2)C12CC3CC(CC(C3)C1)C2)C(C)(C)C. The molecule has 0 nitrogen and oxygen atoms in total. The lowest BCUT2D eigenvalue weighted by Crippen LogP contribution is -2.58. The highest BCUT2D eigenvalue weighted by molar-refractivity contribution is 7.69. The number of hydrogen-bond donors (Lipinski definition) is 0. The molecule has 0 saturated heterocycles. The molecule has 0 aromatic heterocycles. The smallest absolute Gasteiger partial charge is 0.0776 e. The molecule has 8 saturated carbocycles. The summed E-state index contributed by atoms with van der Waals surface area (Å²) in [6.07, 6.45) is 20.5. The average Bonchev–Trinajstić information content (AvgIpc) is 2.79. The van der Waals surface area contributed by atoms with Gasteiger partial charge < -0.3 is 0 Å². The minimum Gasteiger partial charge on any atom is -0.0911 e. The summed E-state index contributed by atoms with van der Waals surface area (Å²) in [7, 11) is -1.71. The summed E-state index contributed by atoms with van der Waals surface area (Å²) in [5.41, 5.74) is 1.83. The van der Waals surface area contributed by atoms with Crippen LogP contribution in [-0.4, -0.2) is 28.7 Å². The molecule has 3 heteroatoms. The molecule has 8 bridgehead atoms. The molecule has 8 aliphatic carbocycles. The number of rotatable bonds is 6. The second-order valence-electron chi connectivity index (χ2n) is 19.6. The molecule has 1 aromatic carbocycles. The van der Waals surface area contributed by atoms with E-state index in [2.05, 4.69) is 79.4 Å². The zero-order valence-electron chi connectivity index (χ0n) is 28.3. The second-order valence-corrected chi connectivity index (χ2v) is 31.6. The highest BCUT2D eigenvalue weighted by Crippen LogP contribution is 2.78. The number of benzene rings is 1. The first kappa shape index (κ1) is 30.0. The summed E-state index contributed by atoms with van der Waals surface area (Å²) in [4.78, 5) is 0. The van der Waals surface area contributed by atoms with Crippen LogP contribution in [0.3, 0.4) is 0 Å². The molecule has 0 unspecified atom stereocenters. The largest absolute Gasteiger partial charge is 0.0911 e. The van der Waals surface area contributed by atoms with Crippen molar-refractivity contribution in [3.8, 4) is 0 Å². The Kier molecular flexibility index (Phi) is 7.24. The highest BCUT2D eigenvalue weighted by atomic mass is 31.1. The molecule has 0 amide bonds. The average molecular weight is 609 g/mol. The summed E-state index contributed by atoms with van der Waals surface area (Å²) in [6.45, 7) is 23.2. The molecule has 0 spiro atoms. The van der Waals surface area contributed by atoms with Crippen LogP contribution in [0.1, 0.15) is 124 Å². The third kappa shape index (κ3) is 5.33. The first-order valence-electron chi connectivity index (χ1n) is 17.7. The van der Waals surface area contributed by atoms with E-state index in [4.69, 9.17) is 0 Å². The van der Waals surface area contributed by atoms with Gasteiger partial charge in [-0.1, -0.05) is 100 Å². The van der Waals surface area contributed by atoms with Gasteiger partial charge in [-0.15, -0.1) is 0 Å². The van der Waals surface area contributed by atoms with Gasteiger partial charge in [-0.3, -0.25) is 0 Å². The third-order valence-corrected chi connectivity index (χ3v) is 22.9. The Morgan fingerprint density at radius 3 is 1.32 bits per heavy atom. The van der Waals surface area contributed by atoms with Crippen LogP contribution in [0.5, 0.6) is 0 Å². The van der Waals surface area contributed by atoms with Crippen LogP contribution >= 0.6 is 15.8 Å². The molecule has 228 valence electrons. The summed E-state index contributed by atoms with van der Waals surface area (Å²) in [5, 5.41) is 5.83. The molecule has 0 N–H and O–H groups in total. The summed E-state index contributed by atoms with van der Waals surface area (Å²) in [5.74, 6) is 6.36. The molecule has 0 aliphatic heterocycles. The quantitative estimate of drug-likeness (QED) is 0.223. The maximum atomic E-state index is 2.95. The van der Waals surface area contributed by atoms with E-state index in [0.717, 1.165) is 35.5 Å². The summed E-state index contributed by atoms with van der Waals surface area (Å²) in [6, 6.07) is 8.33. The standard InChI is InChI=1S/C38H62P2Si/c1-35(2,3)39(36(4,5)6)25-32-10-11-33(41(7,8)9)18-34(32)40(37-19-26-12-27(20-37)14-28(13-26)21-37)38-22-29-15-30(23-38)17-31(16-29)24-38/h10-11,18,26-31H,12-17,19-25H2,1-9H3. The lowest BCUT2D eigenvalue weighted by atomic mass is 9.55. The van der Waals surface area contributed by atoms with E-state index >= 15 is 0 Å². The predicted molar refractivity (Wildman–Crippen MR) is 188 cm³/mol. The van der Waals surface area contributed by atoms with E-state index in [1.807, 2.05) is 10.9 Å². The van der Waals surface area contributed by atoms with Gasteiger partial charge in [0.2, 0.25) is 0 Å². The van der Waals surface area contributed by atoms with Gasteiger partial charge in [0.05, 0.1) is 8.07 Å². The molecular formula is C38H62P2Si. The first-order valence-corrected chi connectivity index (χ1v) is 24.1. The van der Waals surface area contributed by atoms with Crippen molar-refractivity contribution in [2.75, 3.05) is 0 Å². The Morgan fingerprint density at radius 2 is 1.00 bits per heavy atom. The molecule has 8 aliphatic rings. The van der Waals surface area contributed by atoms with Crippen LogP contribution in [-0.2, 0) is 6.16 Å². The fourth-order valence-corrected chi connectivity index (χ4v) is 23.1. The molecule has 41 heavy (non-hydrogen) atoms. The lowest BCUT2D eigenvalue weighted by molar-refractivity contribution is 0.0195. The van der Waals surface area contributed by atoms with Crippen molar-refractivity contribution in [2.24, 2.45) is 35.5 Å². The summed E-state index contributed by atoms with van der Waals surface area (Å²) >= 11 is 0. The van der Waals surface area contributed by atoms with Crippen molar-refractivity contribution in [1.29, 1.82) is 0 Å². The minimum atomic E-state index is -1.41. The van der Waals surface area contributed by atoms with Gasteiger partial charge >= 0.3 is 0 Å². The Balaban J connectivity index is 1.42. The fraction of sp³-hybridized carbons (Fsp3) is 0.842. The van der Waals surface area contributed by atoms with Crippen molar-refractivity contribution >= 4 is 34.4 Å². The van der Waals surface area contributed by atoms with Crippen LogP contribution in [0, 0.1) is 35.5 Å². The second kappa shape index (κ2) is 9.90. The highest BCUT2D eigenvalue weighted by Gasteiger charge is 2.63. The van der Waals surface area contributed by atoms with E-state index < -0.39 is 8.07 Å². The van der Waals surface area contributed by atoms with Gasteiger partial charge in [0.25, 0.3) is 0 Å². The molecular weight excluding hydrogens is 546 g/mol. The monoisotopic (exact) mass is 608 g/mol. The van der Waals surface area contributed by atoms with Crippen LogP contribution in [0.25, 0.3) is 0 Å². The zero-order valence-corrected chi connectivity index (χ0v) is 31.1. The molecule has 0 heterocycles. The van der Waals surface area contributed by atoms with Gasteiger partial charge in [0, 0.05) is 0 Å². The molecule has 1 aromatic rings. The molecule has 8 fully saturated rings. The van der Waals surface area contributed by atoms with Gasteiger partial charge in [-0.2, -0.15) is 0 Å². The van der Waals surface area contributed by atoms with Crippen molar-refractivity contribution < 1.29 is 0 Å². The van der Waals surface area contributed by atoms with Crippen LogP contribution in [0.2, 0.25) is 19.6 Å². The topological polar surface area (TPSA) is 0 Å². The maximum absolute atomic E-state index is 2.95. The fourth-order valence-electron chi connectivity index (χ4n) is 12.7. The van der Waals surface area contributed by atoms with E-state index in [9.17, 15) is 0 Å². The minimum absolute atomic E-state index is 0.142. The van der Waals surface area contributed by atoms with Crippen LogP contribution in [0.4, 0.5) is 0 Å². The van der Waals surface area contributed by atoms with Crippen LogP contribution < -0.4 is 10.5 Å². The van der Waals surface area contributed by atoms with Gasteiger partial charge in [-0.05, 0) is 150 Å². The van der Waals surface area contributed by atoms with E-state index in [1.54, 1.807) is 82.2 Å². The van der Waals surface area contributed by atoms with Crippen molar-refractivity contribution in [3.05, 3.63) is 23.8 Å². The molecule has 0 radical (unpaired) electrons. The Hall–Kier alpha value is 0.297. The van der Waals surface area contributed by atoms with Gasteiger partial charge in [0.15, 0.2) is 0 Å². The number of hydrogen-bond acceptors (Lipinski definition) is 0. The maximum Gasteiger partial charge on any atom is 0.0776 e. The normalized spacial score (nSPS) is 40.5. The summed E-state index contributed by atoms with van der Waals surface area (Å²) < 4.78 is 0. The molecule has 0 atom stereocenters. The van der Waals surface area contributed by atoms with Gasteiger partial charge in [-0.25, -0.2) is 0 Å². The van der Waals surface area contributed by atoms with E-state index in [-0.39, 0.29) is 15.8 Å². The van der Waals surface area contributed by atoms with Crippen molar-refractivity contribution in [2.45, 2.75) is 165 Å². The Bertz CT molecular complexity index is 1030. The Morgan fingerprint density at radius 1 is 0.634 bits per heavy atom. The van der Waals surface area contributed by atoms with E-state index in [0.29, 0.717) is 20.6 Å². The Labute approximate surface area is 257 Å². The first-order chi connectivity index (χ1) is 19.0. The van der Waals surface area contributed by atoms with Crippen LogP contribution in [0.15, 0.2) is 18.2 Å². The van der Waals surface area contributed by atoms with Crippen molar-refractivity contribution in [3.63, 3.8) is 0 Å². The van der Waals surface area contributed by atoms with Crippen molar-refractivity contribution in [1.82, 2.24) is 0 Å².